The minimum absolute atomic E-state index is 0.00195. The lowest BCUT2D eigenvalue weighted by Crippen LogP contribution is -2.09. The minimum Gasteiger partial charge on any atom is -0.456 e. The van der Waals surface area contributed by atoms with Crippen molar-refractivity contribution >= 4 is 28.7 Å². The molecule has 0 atom stereocenters. The van der Waals surface area contributed by atoms with Gasteiger partial charge in [0.2, 0.25) is 5.82 Å². The molecular formula is C17H16N4O5S. The molecule has 10 heteroatoms. The van der Waals surface area contributed by atoms with E-state index >= 15 is 0 Å². The molecule has 3 aromatic rings. The van der Waals surface area contributed by atoms with Gasteiger partial charge in [0, 0.05) is 30.0 Å². The van der Waals surface area contributed by atoms with Crippen LogP contribution in [0.25, 0.3) is 11.4 Å². The van der Waals surface area contributed by atoms with Crippen LogP contribution in [0.5, 0.6) is 0 Å². The highest BCUT2D eigenvalue weighted by Gasteiger charge is 2.13. The number of ether oxygens (including phenoxy) is 1. The van der Waals surface area contributed by atoms with Gasteiger partial charge >= 0.3 is 5.97 Å². The van der Waals surface area contributed by atoms with Gasteiger partial charge in [-0.1, -0.05) is 17.3 Å². The third-order valence-corrected chi connectivity index (χ3v) is 4.26. The van der Waals surface area contributed by atoms with E-state index < -0.39 is 10.9 Å². The topological polar surface area (TPSA) is 120 Å². The number of benzene rings is 1. The monoisotopic (exact) mass is 388 g/mol. The van der Waals surface area contributed by atoms with Crippen molar-refractivity contribution < 1.29 is 19.0 Å². The molecule has 0 radical (unpaired) electrons. The Labute approximate surface area is 158 Å². The standard InChI is InChI=1S/C17H16N4O5S/c22-16(6-3-8-18-13-4-1-2-5-14(13)21(23)24)25-10-15-19-17(20-26-15)12-7-9-27-11-12/h1-2,4-5,7,9,11,18H,3,6,8,10H2. The van der Waals surface area contributed by atoms with Crippen LogP contribution in [-0.2, 0) is 16.1 Å². The van der Waals surface area contributed by atoms with E-state index in [1.165, 1.54) is 17.4 Å². The number of thiophene rings is 1. The van der Waals surface area contributed by atoms with Crippen LogP contribution in [0.4, 0.5) is 11.4 Å². The zero-order chi connectivity index (χ0) is 19.1. The summed E-state index contributed by atoms with van der Waals surface area (Å²) < 4.78 is 10.2. The number of hydrogen-bond acceptors (Lipinski definition) is 9. The van der Waals surface area contributed by atoms with Gasteiger partial charge in [-0.2, -0.15) is 16.3 Å². The number of nitro benzene ring substituents is 1. The lowest BCUT2D eigenvalue weighted by Gasteiger charge is -2.06. The molecule has 3 rings (SSSR count). The van der Waals surface area contributed by atoms with Crippen LogP contribution in [0.2, 0.25) is 0 Å². The van der Waals surface area contributed by atoms with Crippen molar-refractivity contribution in [3.8, 4) is 11.4 Å². The lowest BCUT2D eigenvalue weighted by atomic mass is 10.2. The van der Waals surface area contributed by atoms with Gasteiger partial charge in [-0.3, -0.25) is 14.9 Å². The number of hydrogen-bond donors (Lipinski definition) is 1. The molecule has 0 amide bonds. The van der Waals surface area contributed by atoms with Gasteiger partial charge < -0.3 is 14.6 Å². The van der Waals surface area contributed by atoms with E-state index in [-0.39, 0.29) is 24.6 Å². The smallest absolute Gasteiger partial charge is 0.306 e. The van der Waals surface area contributed by atoms with Crippen molar-refractivity contribution in [1.82, 2.24) is 10.1 Å². The highest BCUT2D eigenvalue weighted by atomic mass is 32.1. The molecule has 0 bridgehead atoms. The third kappa shape index (κ3) is 5.11. The maximum Gasteiger partial charge on any atom is 0.306 e. The van der Waals surface area contributed by atoms with Crippen LogP contribution in [0.15, 0.2) is 45.6 Å². The number of nitrogens with one attached hydrogen (secondary N) is 1. The molecule has 27 heavy (non-hydrogen) atoms. The van der Waals surface area contributed by atoms with Gasteiger partial charge in [0.05, 0.1) is 4.92 Å². The summed E-state index contributed by atoms with van der Waals surface area (Å²) in [5.41, 5.74) is 1.27. The fraction of sp³-hybridized carbons (Fsp3) is 0.235. The number of carbonyl (C=O) groups excluding carboxylic acids is 1. The van der Waals surface area contributed by atoms with Crippen molar-refractivity contribution in [1.29, 1.82) is 0 Å². The third-order valence-electron chi connectivity index (χ3n) is 3.58. The Bertz CT molecular complexity index is 910. The van der Waals surface area contributed by atoms with Crippen LogP contribution in [0.3, 0.4) is 0 Å². The van der Waals surface area contributed by atoms with E-state index in [4.69, 9.17) is 9.26 Å². The van der Waals surface area contributed by atoms with Gasteiger partial charge in [-0.05, 0) is 23.9 Å². The first-order valence-electron chi connectivity index (χ1n) is 8.11. The molecule has 9 nitrogen and oxygen atoms in total. The second-order valence-corrected chi connectivity index (χ2v) is 6.27. The summed E-state index contributed by atoms with van der Waals surface area (Å²) in [6.45, 7) is 0.316. The highest BCUT2D eigenvalue weighted by molar-refractivity contribution is 7.08. The van der Waals surface area contributed by atoms with Gasteiger partial charge in [-0.15, -0.1) is 0 Å². The normalized spacial score (nSPS) is 10.5. The summed E-state index contributed by atoms with van der Waals surface area (Å²) in [6.07, 6.45) is 0.633. The Balaban J connectivity index is 1.39. The van der Waals surface area contributed by atoms with Gasteiger partial charge in [0.15, 0.2) is 6.61 Å². The van der Waals surface area contributed by atoms with E-state index in [9.17, 15) is 14.9 Å². The van der Waals surface area contributed by atoms with Crippen LogP contribution >= 0.6 is 11.3 Å². The number of aromatic nitrogens is 2. The van der Waals surface area contributed by atoms with Gasteiger partial charge in [-0.25, -0.2) is 0 Å². The summed E-state index contributed by atoms with van der Waals surface area (Å²) in [7, 11) is 0. The van der Waals surface area contributed by atoms with Crippen LogP contribution in [-0.4, -0.2) is 27.6 Å². The Kier molecular flexibility index (Phi) is 6.10. The maximum atomic E-state index is 11.8. The van der Waals surface area contributed by atoms with Crippen LogP contribution in [0, 0.1) is 10.1 Å². The number of para-hydroxylation sites is 2. The van der Waals surface area contributed by atoms with E-state index in [1.807, 2.05) is 16.8 Å². The number of carbonyl (C=O) groups is 1. The average molecular weight is 388 g/mol. The molecule has 0 aliphatic heterocycles. The predicted octanol–water partition coefficient (Wildman–Crippen LogP) is 3.64. The van der Waals surface area contributed by atoms with Gasteiger partial charge in [0.25, 0.3) is 11.6 Å². The second-order valence-electron chi connectivity index (χ2n) is 5.49. The first kappa shape index (κ1) is 18.5. The maximum absolute atomic E-state index is 11.8. The first-order valence-corrected chi connectivity index (χ1v) is 9.06. The summed E-state index contributed by atoms with van der Waals surface area (Å²) in [5, 5.41) is 21.5. The van der Waals surface area contributed by atoms with Crippen molar-refractivity contribution in [2.24, 2.45) is 0 Å². The van der Waals surface area contributed by atoms with Crippen LogP contribution in [0.1, 0.15) is 18.7 Å². The summed E-state index contributed by atoms with van der Waals surface area (Å²) >= 11 is 1.52. The number of nitro groups is 1. The zero-order valence-electron chi connectivity index (χ0n) is 14.2. The Hall–Kier alpha value is -3.27. The molecule has 0 saturated carbocycles. The SMILES string of the molecule is O=C(CCCNc1ccccc1[N+](=O)[O-])OCc1nc(-c2ccsc2)no1. The number of anilines is 1. The largest absolute Gasteiger partial charge is 0.456 e. The molecule has 1 N–H and O–H groups in total. The van der Waals surface area contributed by atoms with Crippen molar-refractivity contribution in [3.63, 3.8) is 0 Å². The second kappa shape index (κ2) is 8.90. The molecule has 0 aliphatic rings. The molecule has 0 saturated heterocycles. The molecule has 0 fully saturated rings. The fourth-order valence-corrected chi connectivity index (χ4v) is 2.91. The lowest BCUT2D eigenvalue weighted by molar-refractivity contribution is -0.384. The fourth-order valence-electron chi connectivity index (χ4n) is 2.27. The Morgan fingerprint density at radius 1 is 1.33 bits per heavy atom. The van der Waals surface area contributed by atoms with Crippen molar-refractivity contribution in [2.75, 3.05) is 11.9 Å². The summed E-state index contributed by atoms with van der Waals surface area (Å²) in [4.78, 5) is 26.4. The van der Waals surface area contributed by atoms with E-state index in [2.05, 4.69) is 15.5 Å². The van der Waals surface area contributed by atoms with Gasteiger partial charge in [0.1, 0.15) is 5.69 Å². The number of esters is 1. The predicted molar refractivity (Wildman–Crippen MR) is 98.2 cm³/mol. The average Bonchev–Trinajstić information content (AvgIpc) is 3.35. The summed E-state index contributed by atoms with van der Waals surface area (Å²) in [6, 6.07) is 8.22. The van der Waals surface area contributed by atoms with Crippen LogP contribution < -0.4 is 5.32 Å². The Morgan fingerprint density at radius 2 is 2.19 bits per heavy atom. The summed E-state index contributed by atoms with van der Waals surface area (Å²) in [5.74, 6) is 0.271. The van der Waals surface area contributed by atoms with E-state index in [1.54, 1.807) is 18.2 Å². The molecule has 1 aromatic carbocycles. The first-order chi connectivity index (χ1) is 13.1. The van der Waals surface area contributed by atoms with E-state index in [0.717, 1.165) is 5.56 Å². The number of nitrogens with zero attached hydrogens (tertiary/aromatic N) is 3. The Morgan fingerprint density at radius 3 is 2.96 bits per heavy atom. The molecule has 2 aromatic heterocycles. The molecule has 0 spiro atoms. The molecular weight excluding hydrogens is 372 g/mol. The molecule has 0 unspecified atom stereocenters. The van der Waals surface area contributed by atoms with Crippen molar-refractivity contribution in [3.05, 3.63) is 57.1 Å². The molecule has 0 aliphatic carbocycles. The van der Waals surface area contributed by atoms with E-state index in [0.29, 0.717) is 24.5 Å². The zero-order valence-corrected chi connectivity index (χ0v) is 15.0. The quantitative estimate of drug-likeness (QED) is 0.255. The highest BCUT2D eigenvalue weighted by Crippen LogP contribution is 2.23. The van der Waals surface area contributed by atoms with Crippen molar-refractivity contribution in [2.45, 2.75) is 19.4 Å². The molecule has 2 heterocycles. The number of rotatable bonds is 9. The minimum atomic E-state index is -0.453. The molecule has 140 valence electrons.